The zero-order chi connectivity index (χ0) is 22.1. The Morgan fingerprint density at radius 1 is 1.03 bits per heavy atom. The van der Waals surface area contributed by atoms with E-state index in [0.29, 0.717) is 11.7 Å². The summed E-state index contributed by atoms with van der Waals surface area (Å²) in [5.74, 6) is 2.56. The second kappa shape index (κ2) is 8.70. The van der Waals surface area contributed by atoms with Crippen LogP contribution in [0.2, 0.25) is 0 Å². The minimum atomic E-state index is -0.0375. The van der Waals surface area contributed by atoms with Crippen molar-refractivity contribution in [3.63, 3.8) is 0 Å². The van der Waals surface area contributed by atoms with Crippen LogP contribution in [0.3, 0.4) is 0 Å². The summed E-state index contributed by atoms with van der Waals surface area (Å²) in [7, 11) is 0. The molecular weight excluding hydrogens is 404 g/mol. The van der Waals surface area contributed by atoms with E-state index in [1.807, 2.05) is 61.2 Å². The Morgan fingerprint density at radius 2 is 1.81 bits per heavy atom. The number of hydrogen-bond donors (Lipinski definition) is 0. The van der Waals surface area contributed by atoms with Crippen molar-refractivity contribution >= 4 is 17.4 Å². The van der Waals surface area contributed by atoms with Crippen LogP contribution in [-0.4, -0.2) is 64.7 Å². The van der Waals surface area contributed by atoms with Crippen molar-refractivity contribution in [2.24, 2.45) is 0 Å². The van der Waals surface area contributed by atoms with Crippen molar-refractivity contribution in [1.29, 1.82) is 0 Å². The first-order valence-corrected chi connectivity index (χ1v) is 11.3. The SMILES string of the molecule is CC(C)c1noc(-c2ccnc(N3CCN(C4CCN(c5ccccc5)C4=O)CC3)c2)n1. The summed E-state index contributed by atoms with van der Waals surface area (Å²) in [4.78, 5) is 28.6. The van der Waals surface area contributed by atoms with E-state index in [2.05, 4.69) is 24.9 Å². The third-order valence-corrected chi connectivity index (χ3v) is 6.27. The highest BCUT2D eigenvalue weighted by Crippen LogP contribution is 2.27. The normalized spacial score (nSPS) is 19.8. The number of benzene rings is 1. The Morgan fingerprint density at radius 3 is 2.53 bits per heavy atom. The monoisotopic (exact) mass is 432 g/mol. The van der Waals surface area contributed by atoms with Crippen molar-refractivity contribution < 1.29 is 9.32 Å². The highest BCUT2D eigenvalue weighted by molar-refractivity contribution is 5.99. The average Bonchev–Trinajstić information content (AvgIpc) is 3.47. The van der Waals surface area contributed by atoms with Crippen molar-refractivity contribution in [2.75, 3.05) is 42.5 Å². The number of carbonyl (C=O) groups excluding carboxylic acids is 1. The van der Waals surface area contributed by atoms with Crippen LogP contribution in [0, 0.1) is 0 Å². The molecule has 1 aromatic carbocycles. The smallest absolute Gasteiger partial charge is 0.258 e. The lowest BCUT2D eigenvalue weighted by Crippen LogP contribution is -2.52. The van der Waals surface area contributed by atoms with Gasteiger partial charge in [0.25, 0.3) is 5.89 Å². The fourth-order valence-electron chi connectivity index (χ4n) is 4.44. The van der Waals surface area contributed by atoms with E-state index in [9.17, 15) is 4.79 Å². The van der Waals surface area contributed by atoms with E-state index < -0.39 is 0 Å². The summed E-state index contributed by atoms with van der Waals surface area (Å²) in [5, 5.41) is 4.06. The van der Waals surface area contributed by atoms with Crippen LogP contribution in [0.4, 0.5) is 11.5 Å². The molecule has 32 heavy (non-hydrogen) atoms. The lowest BCUT2D eigenvalue weighted by molar-refractivity contribution is -0.121. The van der Waals surface area contributed by atoms with E-state index >= 15 is 0 Å². The molecule has 2 fully saturated rings. The lowest BCUT2D eigenvalue weighted by atomic mass is 10.1. The Hall–Kier alpha value is -3.26. The molecule has 0 saturated carbocycles. The molecule has 166 valence electrons. The summed E-state index contributed by atoms with van der Waals surface area (Å²) < 4.78 is 5.44. The molecular formula is C24H28N6O2. The van der Waals surface area contributed by atoms with Gasteiger partial charge in [0.1, 0.15) is 5.82 Å². The molecule has 2 saturated heterocycles. The maximum Gasteiger partial charge on any atom is 0.258 e. The van der Waals surface area contributed by atoms with E-state index in [4.69, 9.17) is 4.52 Å². The molecule has 5 rings (SSSR count). The van der Waals surface area contributed by atoms with Gasteiger partial charge in [-0.05, 0) is 30.7 Å². The number of para-hydroxylation sites is 1. The number of carbonyl (C=O) groups is 1. The van der Waals surface area contributed by atoms with E-state index in [1.54, 1.807) is 6.20 Å². The zero-order valence-electron chi connectivity index (χ0n) is 18.5. The predicted molar refractivity (Wildman–Crippen MR) is 123 cm³/mol. The van der Waals surface area contributed by atoms with E-state index in [1.165, 1.54) is 0 Å². The number of amides is 1. The van der Waals surface area contributed by atoms with Gasteiger partial charge in [-0.1, -0.05) is 37.2 Å². The molecule has 8 nitrogen and oxygen atoms in total. The van der Waals surface area contributed by atoms with Gasteiger partial charge in [-0.15, -0.1) is 0 Å². The number of rotatable bonds is 5. The van der Waals surface area contributed by atoms with Crippen LogP contribution in [-0.2, 0) is 4.79 Å². The van der Waals surface area contributed by atoms with Crippen LogP contribution in [0.5, 0.6) is 0 Å². The molecule has 1 atom stereocenters. The molecule has 0 spiro atoms. The third-order valence-electron chi connectivity index (χ3n) is 6.27. The molecule has 3 aromatic rings. The summed E-state index contributed by atoms with van der Waals surface area (Å²) in [5.41, 5.74) is 1.86. The highest BCUT2D eigenvalue weighted by Gasteiger charge is 2.37. The molecule has 0 aliphatic carbocycles. The minimum absolute atomic E-state index is 0.0375. The summed E-state index contributed by atoms with van der Waals surface area (Å²) >= 11 is 0. The Bertz CT molecular complexity index is 1070. The van der Waals surface area contributed by atoms with Gasteiger partial charge in [0.05, 0.1) is 6.04 Å². The molecule has 0 N–H and O–H groups in total. The van der Waals surface area contributed by atoms with Crippen LogP contribution < -0.4 is 9.80 Å². The average molecular weight is 433 g/mol. The number of piperazine rings is 1. The zero-order valence-corrected chi connectivity index (χ0v) is 18.5. The van der Waals surface area contributed by atoms with Crippen LogP contribution >= 0.6 is 0 Å². The van der Waals surface area contributed by atoms with Gasteiger partial charge in [-0.3, -0.25) is 9.69 Å². The van der Waals surface area contributed by atoms with Gasteiger partial charge >= 0.3 is 0 Å². The molecule has 2 aromatic heterocycles. The first-order chi connectivity index (χ1) is 15.6. The van der Waals surface area contributed by atoms with Gasteiger partial charge in [-0.2, -0.15) is 4.98 Å². The third kappa shape index (κ3) is 3.98. The second-order valence-electron chi connectivity index (χ2n) is 8.67. The Labute approximate surface area is 187 Å². The minimum Gasteiger partial charge on any atom is -0.354 e. The Balaban J connectivity index is 1.23. The summed E-state index contributed by atoms with van der Waals surface area (Å²) in [6, 6.07) is 13.8. The molecule has 0 bridgehead atoms. The molecule has 1 amide bonds. The standard InChI is InChI=1S/C24H28N6O2/c1-17(2)22-26-23(32-27-22)18-8-10-25-21(16-18)29-14-12-28(13-15-29)20-9-11-30(24(20)31)19-6-4-3-5-7-19/h3-8,10,16-17,20H,9,11-15H2,1-2H3. The lowest BCUT2D eigenvalue weighted by Gasteiger charge is -2.37. The first kappa shape index (κ1) is 20.6. The maximum absolute atomic E-state index is 13.0. The quantitative estimate of drug-likeness (QED) is 0.613. The summed E-state index contributed by atoms with van der Waals surface area (Å²) in [6.07, 6.45) is 2.66. The topological polar surface area (TPSA) is 78.6 Å². The number of pyridine rings is 1. The van der Waals surface area contributed by atoms with Crippen LogP contribution in [0.15, 0.2) is 53.2 Å². The van der Waals surface area contributed by atoms with Gasteiger partial charge in [0.15, 0.2) is 5.82 Å². The molecule has 2 aliphatic heterocycles. The molecule has 0 radical (unpaired) electrons. The first-order valence-electron chi connectivity index (χ1n) is 11.3. The molecule has 1 unspecified atom stereocenters. The largest absolute Gasteiger partial charge is 0.354 e. The fourth-order valence-corrected chi connectivity index (χ4v) is 4.44. The molecule has 4 heterocycles. The van der Waals surface area contributed by atoms with Crippen molar-refractivity contribution in [3.05, 3.63) is 54.5 Å². The van der Waals surface area contributed by atoms with Crippen molar-refractivity contribution in [2.45, 2.75) is 32.2 Å². The molecule has 8 heteroatoms. The maximum atomic E-state index is 13.0. The van der Waals surface area contributed by atoms with E-state index in [0.717, 1.165) is 56.2 Å². The molecule has 2 aliphatic rings. The highest BCUT2D eigenvalue weighted by atomic mass is 16.5. The van der Waals surface area contributed by atoms with E-state index in [-0.39, 0.29) is 17.9 Å². The number of aromatic nitrogens is 3. The predicted octanol–water partition coefficient (Wildman–Crippen LogP) is 3.18. The second-order valence-corrected chi connectivity index (χ2v) is 8.67. The van der Waals surface area contributed by atoms with Gasteiger partial charge < -0.3 is 14.3 Å². The number of hydrogen-bond acceptors (Lipinski definition) is 7. The summed E-state index contributed by atoms with van der Waals surface area (Å²) in [6.45, 7) is 8.19. The van der Waals surface area contributed by atoms with Gasteiger partial charge in [0, 0.05) is 56.1 Å². The van der Waals surface area contributed by atoms with Gasteiger partial charge in [-0.25, -0.2) is 4.98 Å². The van der Waals surface area contributed by atoms with Crippen LogP contribution in [0.25, 0.3) is 11.5 Å². The van der Waals surface area contributed by atoms with Crippen molar-refractivity contribution in [1.82, 2.24) is 20.0 Å². The van der Waals surface area contributed by atoms with Crippen LogP contribution in [0.1, 0.15) is 32.0 Å². The van der Waals surface area contributed by atoms with Crippen molar-refractivity contribution in [3.8, 4) is 11.5 Å². The van der Waals surface area contributed by atoms with Gasteiger partial charge in [0.2, 0.25) is 5.91 Å². The number of anilines is 2. The Kier molecular flexibility index (Phi) is 5.61. The number of nitrogens with zero attached hydrogens (tertiary/aromatic N) is 6. The fraction of sp³-hybridized carbons (Fsp3) is 0.417.